The van der Waals surface area contributed by atoms with E-state index in [1.807, 2.05) is 27.7 Å². The molecule has 0 aromatic rings. The first-order valence-corrected chi connectivity index (χ1v) is 6.52. The Bertz CT molecular complexity index is 291. The van der Waals surface area contributed by atoms with E-state index in [0.717, 1.165) is 6.42 Å². The zero-order chi connectivity index (χ0) is 14.9. The summed E-state index contributed by atoms with van der Waals surface area (Å²) in [5.41, 5.74) is -0.160. The Morgan fingerprint density at radius 1 is 1.26 bits per heavy atom. The van der Waals surface area contributed by atoms with Gasteiger partial charge in [0.2, 0.25) is 5.76 Å². The molecule has 1 atom stereocenters. The Labute approximate surface area is 115 Å². The molecule has 0 amide bonds. The minimum absolute atomic E-state index is 0.0428. The van der Waals surface area contributed by atoms with E-state index in [9.17, 15) is 4.79 Å². The number of methoxy groups -OCH3 is 1. The molecule has 0 rings (SSSR count). The number of hydrogen-bond acceptors (Lipinski definition) is 5. The normalized spacial score (nSPS) is 14.1. The van der Waals surface area contributed by atoms with Crippen LogP contribution in [0.4, 0.5) is 0 Å². The first-order chi connectivity index (χ1) is 8.86. The van der Waals surface area contributed by atoms with Gasteiger partial charge in [-0.1, -0.05) is 27.7 Å². The Kier molecular flexibility index (Phi) is 8.43. The van der Waals surface area contributed by atoms with Crippen molar-refractivity contribution in [2.24, 2.45) is 5.41 Å². The summed E-state index contributed by atoms with van der Waals surface area (Å²) in [7, 11) is 1.59. The molecule has 112 valence electrons. The van der Waals surface area contributed by atoms with Gasteiger partial charge in [-0.3, -0.25) is 0 Å². The van der Waals surface area contributed by atoms with Crippen molar-refractivity contribution < 1.29 is 24.1 Å². The summed E-state index contributed by atoms with van der Waals surface area (Å²) < 4.78 is 15.6. The third-order valence-corrected chi connectivity index (χ3v) is 2.40. The van der Waals surface area contributed by atoms with Crippen LogP contribution in [0.15, 0.2) is 11.8 Å². The van der Waals surface area contributed by atoms with E-state index in [1.165, 1.54) is 0 Å². The number of hydrogen-bond donors (Lipinski definition) is 1. The fraction of sp³-hybridized carbons (Fsp3) is 0.786. The fourth-order valence-electron chi connectivity index (χ4n) is 1.41. The van der Waals surface area contributed by atoms with Crippen molar-refractivity contribution in [2.45, 2.75) is 40.2 Å². The van der Waals surface area contributed by atoms with Gasteiger partial charge in [0, 0.05) is 7.11 Å². The zero-order valence-corrected chi connectivity index (χ0v) is 12.6. The highest BCUT2D eigenvalue weighted by atomic mass is 16.6. The molecule has 0 spiro atoms. The zero-order valence-electron chi connectivity index (χ0n) is 12.6. The Morgan fingerprint density at radius 3 is 2.32 bits per heavy atom. The molecule has 1 N–H and O–H groups in total. The summed E-state index contributed by atoms with van der Waals surface area (Å²) in [6, 6.07) is 0. The second-order valence-electron chi connectivity index (χ2n) is 5.26. The van der Waals surface area contributed by atoms with E-state index in [2.05, 4.69) is 0 Å². The van der Waals surface area contributed by atoms with Gasteiger partial charge in [-0.25, -0.2) is 4.79 Å². The minimum atomic E-state index is -0.575. The van der Waals surface area contributed by atoms with Crippen LogP contribution in [0.3, 0.4) is 0 Å². The molecule has 0 aromatic carbocycles. The van der Waals surface area contributed by atoms with Crippen LogP contribution in [0.2, 0.25) is 0 Å². The van der Waals surface area contributed by atoms with Gasteiger partial charge in [0.25, 0.3) is 0 Å². The van der Waals surface area contributed by atoms with Crippen molar-refractivity contribution in [3.05, 3.63) is 11.8 Å². The highest BCUT2D eigenvalue weighted by Crippen LogP contribution is 2.24. The maximum absolute atomic E-state index is 11.8. The average Bonchev–Trinajstić information content (AvgIpc) is 2.34. The highest BCUT2D eigenvalue weighted by Gasteiger charge is 2.25. The van der Waals surface area contributed by atoms with Gasteiger partial charge in [-0.15, -0.1) is 0 Å². The van der Waals surface area contributed by atoms with E-state index < -0.39 is 5.97 Å². The molecule has 0 aliphatic heterocycles. The molecule has 0 bridgehead atoms. The minimum Gasteiger partial charge on any atom is -0.487 e. The van der Waals surface area contributed by atoms with Crippen LogP contribution in [0, 0.1) is 5.41 Å². The van der Waals surface area contributed by atoms with Crippen LogP contribution < -0.4 is 0 Å². The summed E-state index contributed by atoms with van der Waals surface area (Å²) in [6.07, 6.45) is 2.16. The van der Waals surface area contributed by atoms with E-state index in [1.54, 1.807) is 13.2 Å². The SMILES string of the molecule is CCCOC(=CC(OC)C(C)(C)C)C(=O)OCCO. The molecule has 0 aliphatic rings. The average molecular weight is 274 g/mol. The lowest BCUT2D eigenvalue weighted by Gasteiger charge is -2.27. The molecule has 19 heavy (non-hydrogen) atoms. The van der Waals surface area contributed by atoms with Crippen molar-refractivity contribution in [2.75, 3.05) is 26.9 Å². The molecule has 0 saturated carbocycles. The maximum atomic E-state index is 11.8. The number of carbonyl (C=O) groups excluding carboxylic acids is 1. The summed E-state index contributed by atoms with van der Waals surface area (Å²) in [4.78, 5) is 11.8. The molecule has 0 heterocycles. The summed E-state index contributed by atoms with van der Waals surface area (Å²) >= 11 is 0. The van der Waals surface area contributed by atoms with Gasteiger partial charge in [0.05, 0.1) is 19.3 Å². The molecular weight excluding hydrogens is 248 g/mol. The molecule has 0 aromatic heterocycles. The fourth-order valence-corrected chi connectivity index (χ4v) is 1.41. The molecular formula is C14H26O5. The highest BCUT2D eigenvalue weighted by molar-refractivity contribution is 5.86. The predicted molar refractivity (Wildman–Crippen MR) is 72.6 cm³/mol. The summed E-state index contributed by atoms with van der Waals surface area (Å²) in [5.74, 6) is -0.439. The second kappa shape index (κ2) is 8.93. The van der Waals surface area contributed by atoms with Gasteiger partial charge < -0.3 is 19.3 Å². The lowest BCUT2D eigenvalue weighted by Crippen LogP contribution is -2.28. The Balaban J connectivity index is 4.93. The van der Waals surface area contributed by atoms with Crippen LogP contribution in [0.1, 0.15) is 34.1 Å². The number of aliphatic hydroxyl groups excluding tert-OH is 1. The van der Waals surface area contributed by atoms with Crippen LogP contribution in [0.25, 0.3) is 0 Å². The summed E-state index contributed by atoms with van der Waals surface area (Å²) in [6.45, 7) is 8.16. The Hall–Kier alpha value is -1.07. The quantitative estimate of drug-likeness (QED) is 0.416. The number of carbonyl (C=O) groups is 1. The van der Waals surface area contributed by atoms with Crippen LogP contribution >= 0.6 is 0 Å². The number of ether oxygens (including phenoxy) is 3. The molecule has 0 saturated heterocycles. The number of rotatable bonds is 8. The monoisotopic (exact) mass is 274 g/mol. The van der Waals surface area contributed by atoms with E-state index in [-0.39, 0.29) is 30.5 Å². The molecule has 5 nitrogen and oxygen atoms in total. The van der Waals surface area contributed by atoms with Gasteiger partial charge in [-0.05, 0) is 17.9 Å². The van der Waals surface area contributed by atoms with Crippen LogP contribution in [-0.2, 0) is 19.0 Å². The third kappa shape index (κ3) is 7.18. The topological polar surface area (TPSA) is 65.0 Å². The Morgan fingerprint density at radius 2 is 1.89 bits per heavy atom. The van der Waals surface area contributed by atoms with E-state index >= 15 is 0 Å². The smallest absolute Gasteiger partial charge is 0.373 e. The summed E-state index contributed by atoms with van der Waals surface area (Å²) in [5, 5.41) is 8.67. The van der Waals surface area contributed by atoms with Crippen LogP contribution in [0.5, 0.6) is 0 Å². The van der Waals surface area contributed by atoms with Crippen molar-refractivity contribution in [1.82, 2.24) is 0 Å². The lowest BCUT2D eigenvalue weighted by molar-refractivity contribution is -0.144. The van der Waals surface area contributed by atoms with Crippen molar-refractivity contribution in [3.63, 3.8) is 0 Å². The van der Waals surface area contributed by atoms with E-state index in [4.69, 9.17) is 19.3 Å². The molecule has 1 unspecified atom stereocenters. The second-order valence-corrected chi connectivity index (χ2v) is 5.26. The molecule has 0 aliphatic carbocycles. The predicted octanol–water partition coefficient (Wildman–Crippen LogP) is 1.89. The van der Waals surface area contributed by atoms with Crippen molar-refractivity contribution in [1.29, 1.82) is 0 Å². The molecule has 5 heteroatoms. The van der Waals surface area contributed by atoms with E-state index in [0.29, 0.717) is 6.61 Å². The van der Waals surface area contributed by atoms with Crippen molar-refractivity contribution >= 4 is 5.97 Å². The first-order valence-electron chi connectivity index (χ1n) is 6.52. The number of aliphatic hydroxyl groups is 1. The lowest BCUT2D eigenvalue weighted by atomic mass is 9.88. The standard InChI is InChI=1S/C14H26O5/c1-6-8-18-11(13(16)19-9-7-15)10-12(17-5)14(2,3)4/h10,12,15H,6-9H2,1-5H3. The maximum Gasteiger partial charge on any atom is 0.373 e. The van der Waals surface area contributed by atoms with Gasteiger partial charge >= 0.3 is 5.97 Å². The van der Waals surface area contributed by atoms with Gasteiger partial charge in [-0.2, -0.15) is 0 Å². The van der Waals surface area contributed by atoms with Gasteiger partial charge in [0.15, 0.2) is 0 Å². The van der Waals surface area contributed by atoms with Crippen LogP contribution in [-0.4, -0.2) is 44.1 Å². The third-order valence-electron chi connectivity index (χ3n) is 2.40. The van der Waals surface area contributed by atoms with Gasteiger partial charge in [0.1, 0.15) is 6.61 Å². The molecule has 0 radical (unpaired) electrons. The molecule has 0 fully saturated rings. The van der Waals surface area contributed by atoms with Crippen molar-refractivity contribution in [3.8, 4) is 0 Å². The number of esters is 1. The first kappa shape index (κ1) is 17.9. The largest absolute Gasteiger partial charge is 0.487 e.